The van der Waals surface area contributed by atoms with Gasteiger partial charge in [-0.2, -0.15) is 0 Å². The van der Waals surface area contributed by atoms with Crippen LogP contribution in [0.1, 0.15) is 72.9 Å². The molecule has 0 aromatic carbocycles. The smallest absolute Gasteiger partial charge is 0.137 e. The van der Waals surface area contributed by atoms with Crippen molar-refractivity contribution in [1.29, 1.82) is 0 Å². The van der Waals surface area contributed by atoms with Gasteiger partial charge >= 0.3 is 0 Å². The number of aromatic nitrogens is 3. The fourth-order valence-electron chi connectivity index (χ4n) is 6.05. The zero-order chi connectivity index (χ0) is 22.9. The molecule has 0 aliphatic carbocycles. The highest BCUT2D eigenvalue weighted by Crippen LogP contribution is 2.44. The minimum Gasteiger partial charge on any atom is -0.375 e. The Morgan fingerprint density at radius 2 is 1.73 bits per heavy atom. The van der Waals surface area contributed by atoms with Crippen LogP contribution >= 0.6 is 0 Å². The Bertz CT molecular complexity index is 1090. The lowest BCUT2D eigenvalue weighted by Gasteiger charge is -2.40. The second kappa shape index (κ2) is 9.53. The Morgan fingerprint density at radius 3 is 2.45 bits per heavy atom. The molecule has 6 nitrogen and oxygen atoms in total. The predicted molar refractivity (Wildman–Crippen MR) is 131 cm³/mol. The molecule has 2 saturated heterocycles. The first-order valence-corrected chi connectivity index (χ1v) is 12.4. The van der Waals surface area contributed by atoms with Crippen LogP contribution in [0.4, 0.5) is 0 Å². The number of hydrogen-bond acceptors (Lipinski definition) is 5. The molecule has 33 heavy (non-hydrogen) atoms. The summed E-state index contributed by atoms with van der Waals surface area (Å²) in [5.74, 6) is 0.507. The van der Waals surface area contributed by atoms with Gasteiger partial charge in [-0.3, -0.25) is 9.88 Å². The largest absolute Gasteiger partial charge is 0.375 e. The van der Waals surface area contributed by atoms with Crippen LogP contribution < -0.4 is 0 Å². The molecule has 0 spiro atoms. The maximum atomic E-state index is 6.26. The van der Waals surface area contributed by atoms with E-state index in [1.807, 2.05) is 19.4 Å². The Balaban J connectivity index is 1.56. The van der Waals surface area contributed by atoms with Crippen LogP contribution in [0, 0.1) is 12.8 Å². The van der Waals surface area contributed by atoms with Crippen molar-refractivity contribution in [3.05, 3.63) is 65.4 Å². The molecule has 0 bridgehead atoms. The van der Waals surface area contributed by atoms with Crippen LogP contribution in [-0.4, -0.2) is 58.5 Å². The van der Waals surface area contributed by atoms with Gasteiger partial charge < -0.3 is 14.0 Å². The third-order valence-corrected chi connectivity index (χ3v) is 7.93. The highest BCUT2D eigenvalue weighted by atomic mass is 16.5. The lowest BCUT2D eigenvalue weighted by atomic mass is 9.85. The number of hydrogen-bond donors (Lipinski definition) is 0. The van der Waals surface area contributed by atoms with Crippen molar-refractivity contribution < 1.29 is 4.74 Å². The topological polar surface area (TPSA) is 45.9 Å². The normalized spacial score (nSPS) is 24.4. The van der Waals surface area contributed by atoms with E-state index in [0.717, 1.165) is 44.4 Å². The highest BCUT2D eigenvalue weighted by molar-refractivity contribution is 5.45. The number of piperidine rings is 2. The van der Waals surface area contributed by atoms with E-state index in [4.69, 9.17) is 14.7 Å². The molecule has 3 aromatic heterocycles. The van der Waals surface area contributed by atoms with E-state index in [9.17, 15) is 0 Å². The van der Waals surface area contributed by atoms with Gasteiger partial charge in [-0.05, 0) is 95.9 Å². The van der Waals surface area contributed by atoms with Crippen molar-refractivity contribution in [1.82, 2.24) is 24.2 Å². The van der Waals surface area contributed by atoms with E-state index < -0.39 is 0 Å². The molecule has 1 unspecified atom stereocenters. The standard InChI is InChI=1S/C27H37N5O/c1-19-9-8-15-28-24(19)21-10-7-11-22(31(21)3)25-26(32-16-6-5-12-23(32)29-25)27(33-4)20-13-17-30(2)18-14-20/h5-6,8-9,12,15-16,20-22,27H,7,10-11,13-14,17-18H2,1-4H3/t21-,22+,27?/m0/s1. The lowest BCUT2D eigenvalue weighted by molar-refractivity contribution is 0.0178. The van der Waals surface area contributed by atoms with Gasteiger partial charge in [0.25, 0.3) is 0 Å². The van der Waals surface area contributed by atoms with Crippen LogP contribution in [0.25, 0.3) is 5.65 Å². The minimum atomic E-state index is 0.0523. The summed E-state index contributed by atoms with van der Waals surface area (Å²) in [7, 11) is 6.35. The molecule has 2 fully saturated rings. The van der Waals surface area contributed by atoms with Gasteiger partial charge in [0.15, 0.2) is 0 Å². The number of likely N-dealkylation sites (tertiary alicyclic amines) is 2. The zero-order valence-electron chi connectivity index (χ0n) is 20.4. The van der Waals surface area contributed by atoms with Gasteiger partial charge in [-0.25, -0.2) is 4.98 Å². The van der Waals surface area contributed by atoms with E-state index in [1.165, 1.54) is 29.1 Å². The van der Waals surface area contributed by atoms with Crippen molar-refractivity contribution in [2.45, 2.75) is 57.2 Å². The van der Waals surface area contributed by atoms with Gasteiger partial charge in [0.2, 0.25) is 0 Å². The second-order valence-corrected chi connectivity index (χ2v) is 9.94. The predicted octanol–water partition coefficient (Wildman–Crippen LogP) is 4.97. The van der Waals surface area contributed by atoms with Gasteiger partial charge in [0.1, 0.15) is 11.8 Å². The summed E-state index contributed by atoms with van der Waals surface area (Å²) < 4.78 is 8.55. The molecule has 5 heterocycles. The molecule has 3 aromatic rings. The van der Waals surface area contributed by atoms with Crippen LogP contribution in [0.5, 0.6) is 0 Å². The van der Waals surface area contributed by atoms with Crippen LogP contribution in [0.15, 0.2) is 42.7 Å². The van der Waals surface area contributed by atoms with Crippen molar-refractivity contribution >= 4 is 5.65 Å². The summed E-state index contributed by atoms with van der Waals surface area (Å²) in [5, 5.41) is 0. The Kier molecular flexibility index (Phi) is 6.50. The van der Waals surface area contributed by atoms with Crippen LogP contribution in [0.3, 0.4) is 0 Å². The summed E-state index contributed by atoms with van der Waals surface area (Å²) >= 11 is 0. The molecule has 0 saturated carbocycles. The quantitative estimate of drug-likeness (QED) is 0.553. The molecular formula is C27H37N5O. The summed E-state index contributed by atoms with van der Waals surface area (Å²) in [6.07, 6.45) is 9.87. The Hall–Kier alpha value is -2.28. The Morgan fingerprint density at radius 1 is 0.970 bits per heavy atom. The van der Waals surface area contributed by atoms with E-state index in [0.29, 0.717) is 12.0 Å². The molecule has 2 aliphatic heterocycles. The molecular weight excluding hydrogens is 410 g/mol. The number of aryl methyl sites for hydroxylation is 1. The fourth-order valence-corrected chi connectivity index (χ4v) is 6.05. The van der Waals surface area contributed by atoms with Gasteiger partial charge in [0, 0.05) is 19.5 Å². The first kappa shape index (κ1) is 22.5. The molecule has 176 valence electrons. The van der Waals surface area contributed by atoms with E-state index in [-0.39, 0.29) is 12.1 Å². The number of pyridine rings is 2. The van der Waals surface area contributed by atoms with Crippen molar-refractivity contribution in [2.24, 2.45) is 5.92 Å². The van der Waals surface area contributed by atoms with Crippen molar-refractivity contribution in [3.8, 4) is 0 Å². The van der Waals surface area contributed by atoms with Gasteiger partial charge in [-0.1, -0.05) is 12.1 Å². The molecule has 5 rings (SSSR count). The minimum absolute atomic E-state index is 0.0523. The number of nitrogens with zero attached hydrogens (tertiary/aromatic N) is 5. The monoisotopic (exact) mass is 447 g/mol. The zero-order valence-corrected chi connectivity index (χ0v) is 20.4. The molecule has 6 heteroatoms. The third kappa shape index (κ3) is 4.20. The summed E-state index contributed by atoms with van der Waals surface area (Å²) in [6, 6.07) is 11.1. The number of imidazole rings is 1. The van der Waals surface area contributed by atoms with Gasteiger partial charge in [0.05, 0.1) is 29.2 Å². The summed E-state index contributed by atoms with van der Waals surface area (Å²) in [6.45, 7) is 4.43. The van der Waals surface area contributed by atoms with E-state index in [1.54, 1.807) is 0 Å². The molecule has 2 aliphatic rings. The van der Waals surface area contributed by atoms with Crippen LogP contribution in [0.2, 0.25) is 0 Å². The Labute approximate surface area is 197 Å². The number of methoxy groups -OCH3 is 1. The number of rotatable bonds is 5. The van der Waals surface area contributed by atoms with E-state index >= 15 is 0 Å². The first-order valence-electron chi connectivity index (χ1n) is 12.4. The first-order chi connectivity index (χ1) is 16.1. The van der Waals surface area contributed by atoms with Gasteiger partial charge in [-0.15, -0.1) is 0 Å². The maximum absolute atomic E-state index is 6.26. The molecule has 0 N–H and O–H groups in total. The van der Waals surface area contributed by atoms with E-state index in [2.05, 4.69) is 65.7 Å². The summed E-state index contributed by atoms with van der Waals surface area (Å²) in [4.78, 5) is 15.0. The maximum Gasteiger partial charge on any atom is 0.137 e. The lowest BCUT2D eigenvalue weighted by Crippen LogP contribution is -2.36. The molecule has 3 atom stereocenters. The fraction of sp³-hybridized carbons (Fsp3) is 0.556. The second-order valence-electron chi connectivity index (χ2n) is 9.94. The number of ether oxygens (including phenoxy) is 1. The summed E-state index contributed by atoms with van der Waals surface area (Å²) in [5.41, 5.74) is 5.92. The third-order valence-electron chi connectivity index (χ3n) is 7.93. The van der Waals surface area contributed by atoms with Crippen molar-refractivity contribution in [3.63, 3.8) is 0 Å². The van der Waals surface area contributed by atoms with Crippen molar-refractivity contribution in [2.75, 3.05) is 34.3 Å². The number of fused-ring (bicyclic) bond motifs is 1. The highest BCUT2D eigenvalue weighted by Gasteiger charge is 2.38. The SMILES string of the molecule is COC(c1c([C@H]2CCC[C@@H](c3ncccc3C)N2C)nc2ccccn12)C1CCN(C)CC1. The average molecular weight is 448 g/mol. The van der Waals surface area contributed by atoms with Crippen LogP contribution in [-0.2, 0) is 4.74 Å². The molecule has 0 amide bonds. The average Bonchev–Trinajstić information content (AvgIpc) is 3.21. The molecule has 0 radical (unpaired) electrons.